The Labute approximate surface area is 116 Å². The Hall–Kier alpha value is -2.76. The van der Waals surface area contributed by atoms with Crippen LogP contribution in [0.1, 0.15) is 16.1 Å². The van der Waals surface area contributed by atoms with Crippen molar-refractivity contribution < 1.29 is 14.3 Å². The molecule has 0 aliphatic rings. The third-order valence-electron chi connectivity index (χ3n) is 2.67. The molecule has 1 aromatic heterocycles. The summed E-state index contributed by atoms with van der Waals surface area (Å²) in [6, 6.07) is 10.2. The van der Waals surface area contributed by atoms with Crippen LogP contribution >= 0.6 is 0 Å². The standard InChI is InChI=1S/C14H15N3O3/c1-19-12-7-2-4-9(17-12)8-20-13-10(14(16)18)5-3-6-11(13)15/h2-7H,8,15H2,1H3,(H2,16,18). The third-order valence-corrected chi connectivity index (χ3v) is 2.67. The topological polar surface area (TPSA) is 100 Å². The predicted octanol–water partition coefficient (Wildman–Crippen LogP) is 1.35. The van der Waals surface area contributed by atoms with Crippen LogP contribution in [-0.4, -0.2) is 18.0 Å². The van der Waals surface area contributed by atoms with E-state index in [0.717, 1.165) is 0 Å². The van der Waals surface area contributed by atoms with Gasteiger partial charge in [0, 0.05) is 6.07 Å². The zero-order chi connectivity index (χ0) is 14.5. The summed E-state index contributed by atoms with van der Waals surface area (Å²) in [4.78, 5) is 15.5. The Morgan fingerprint density at radius 1 is 1.25 bits per heavy atom. The number of hydrogen-bond acceptors (Lipinski definition) is 5. The molecule has 0 spiro atoms. The molecule has 6 nitrogen and oxygen atoms in total. The number of methoxy groups -OCH3 is 1. The van der Waals surface area contributed by atoms with E-state index >= 15 is 0 Å². The Morgan fingerprint density at radius 2 is 2.00 bits per heavy atom. The summed E-state index contributed by atoms with van der Waals surface area (Å²) in [5.41, 5.74) is 12.3. The van der Waals surface area contributed by atoms with Crippen molar-refractivity contribution in [2.45, 2.75) is 6.61 Å². The summed E-state index contributed by atoms with van der Waals surface area (Å²) in [5.74, 6) is 0.165. The van der Waals surface area contributed by atoms with Gasteiger partial charge in [0.2, 0.25) is 5.88 Å². The van der Waals surface area contributed by atoms with Crippen LogP contribution in [0, 0.1) is 0 Å². The fourth-order valence-corrected chi connectivity index (χ4v) is 1.71. The van der Waals surface area contributed by atoms with Gasteiger partial charge in [-0.25, -0.2) is 4.98 Å². The molecule has 0 saturated heterocycles. The maximum atomic E-state index is 11.3. The Bertz CT molecular complexity index is 629. The highest BCUT2D eigenvalue weighted by atomic mass is 16.5. The summed E-state index contributed by atoms with van der Waals surface area (Å²) in [5, 5.41) is 0. The summed E-state index contributed by atoms with van der Waals surface area (Å²) in [6.45, 7) is 0.158. The highest BCUT2D eigenvalue weighted by Crippen LogP contribution is 2.26. The van der Waals surface area contributed by atoms with E-state index in [1.165, 1.54) is 7.11 Å². The lowest BCUT2D eigenvalue weighted by molar-refractivity contribution is 0.0996. The van der Waals surface area contributed by atoms with Crippen LogP contribution in [0.5, 0.6) is 11.6 Å². The van der Waals surface area contributed by atoms with E-state index < -0.39 is 5.91 Å². The molecule has 0 unspecified atom stereocenters. The number of primary amides is 1. The van der Waals surface area contributed by atoms with Crippen molar-refractivity contribution in [3.8, 4) is 11.6 Å². The molecule has 0 radical (unpaired) electrons. The second-order valence-electron chi connectivity index (χ2n) is 4.05. The Balaban J connectivity index is 2.20. The number of para-hydroxylation sites is 1. The summed E-state index contributed by atoms with van der Waals surface area (Å²) in [6.07, 6.45) is 0. The number of nitrogen functional groups attached to an aromatic ring is 1. The molecule has 2 rings (SSSR count). The van der Waals surface area contributed by atoms with Crippen molar-refractivity contribution in [1.82, 2.24) is 4.98 Å². The third kappa shape index (κ3) is 2.97. The van der Waals surface area contributed by atoms with E-state index in [9.17, 15) is 4.79 Å². The van der Waals surface area contributed by atoms with E-state index in [-0.39, 0.29) is 17.9 Å². The van der Waals surface area contributed by atoms with E-state index in [1.807, 2.05) is 0 Å². The Kier molecular flexibility index (Phi) is 4.05. The van der Waals surface area contributed by atoms with Gasteiger partial charge < -0.3 is 20.9 Å². The molecule has 0 fully saturated rings. The van der Waals surface area contributed by atoms with Crippen LogP contribution in [0.4, 0.5) is 5.69 Å². The van der Waals surface area contributed by atoms with Crippen LogP contribution in [0.2, 0.25) is 0 Å². The van der Waals surface area contributed by atoms with Crippen molar-refractivity contribution >= 4 is 11.6 Å². The fourth-order valence-electron chi connectivity index (χ4n) is 1.71. The van der Waals surface area contributed by atoms with Gasteiger partial charge in [-0.3, -0.25) is 4.79 Å². The van der Waals surface area contributed by atoms with Crippen molar-refractivity contribution in [3.05, 3.63) is 47.7 Å². The van der Waals surface area contributed by atoms with Gasteiger partial charge in [0.15, 0.2) is 5.75 Å². The van der Waals surface area contributed by atoms with Crippen LogP contribution < -0.4 is 20.9 Å². The van der Waals surface area contributed by atoms with Crippen LogP contribution in [0.25, 0.3) is 0 Å². The van der Waals surface area contributed by atoms with Gasteiger partial charge in [0.25, 0.3) is 5.91 Å². The van der Waals surface area contributed by atoms with E-state index in [2.05, 4.69) is 4.98 Å². The molecule has 1 heterocycles. The molecule has 4 N–H and O–H groups in total. The second kappa shape index (κ2) is 5.92. The number of rotatable bonds is 5. The molecule has 104 valence electrons. The van der Waals surface area contributed by atoms with Gasteiger partial charge in [-0.15, -0.1) is 0 Å². The first-order chi connectivity index (χ1) is 9.61. The molecular formula is C14H15N3O3. The molecule has 1 amide bonds. The number of nitrogens with zero attached hydrogens (tertiary/aromatic N) is 1. The number of hydrogen-bond donors (Lipinski definition) is 2. The second-order valence-corrected chi connectivity index (χ2v) is 4.05. The monoisotopic (exact) mass is 273 g/mol. The minimum absolute atomic E-state index is 0.158. The maximum absolute atomic E-state index is 11.3. The largest absolute Gasteiger partial charge is 0.484 e. The number of carbonyl (C=O) groups is 1. The quantitative estimate of drug-likeness (QED) is 0.801. The average molecular weight is 273 g/mol. The van der Waals surface area contributed by atoms with E-state index in [1.54, 1.807) is 36.4 Å². The summed E-state index contributed by atoms with van der Waals surface area (Å²) in [7, 11) is 1.54. The van der Waals surface area contributed by atoms with Crippen LogP contribution in [0.3, 0.4) is 0 Å². The van der Waals surface area contributed by atoms with E-state index in [0.29, 0.717) is 17.3 Å². The molecule has 0 aliphatic heterocycles. The van der Waals surface area contributed by atoms with Gasteiger partial charge in [-0.2, -0.15) is 0 Å². The molecule has 6 heteroatoms. The van der Waals surface area contributed by atoms with Crippen molar-refractivity contribution in [2.24, 2.45) is 5.73 Å². The van der Waals surface area contributed by atoms with Crippen LogP contribution in [0.15, 0.2) is 36.4 Å². The zero-order valence-electron chi connectivity index (χ0n) is 11.0. The van der Waals surface area contributed by atoms with Gasteiger partial charge >= 0.3 is 0 Å². The lowest BCUT2D eigenvalue weighted by Crippen LogP contribution is -2.14. The predicted molar refractivity (Wildman–Crippen MR) is 74.5 cm³/mol. The minimum atomic E-state index is -0.592. The number of ether oxygens (including phenoxy) is 2. The number of anilines is 1. The number of amides is 1. The Morgan fingerprint density at radius 3 is 2.70 bits per heavy atom. The molecule has 20 heavy (non-hydrogen) atoms. The first kappa shape index (κ1) is 13.7. The summed E-state index contributed by atoms with van der Waals surface area (Å²) < 4.78 is 10.6. The smallest absolute Gasteiger partial charge is 0.252 e. The minimum Gasteiger partial charge on any atom is -0.484 e. The molecule has 0 aliphatic carbocycles. The molecule has 1 aromatic carbocycles. The zero-order valence-corrected chi connectivity index (χ0v) is 11.0. The average Bonchev–Trinajstić information content (AvgIpc) is 2.45. The lowest BCUT2D eigenvalue weighted by atomic mass is 10.1. The van der Waals surface area contributed by atoms with E-state index in [4.69, 9.17) is 20.9 Å². The highest BCUT2D eigenvalue weighted by Gasteiger charge is 2.12. The molecule has 0 saturated carbocycles. The summed E-state index contributed by atoms with van der Waals surface area (Å²) >= 11 is 0. The number of nitrogens with two attached hydrogens (primary N) is 2. The molecule has 2 aromatic rings. The van der Waals surface area contributed by atoms with Gasteiger partial charge in [-0.1, -0.05) is 12.1 Å². The van der Waals surface area contributed by atoms with Crippen molar-refractivity contribution in [1.29, 1.82) is 0 Å². The molecular weight excluding hydrogens is 258 g/mol. The number of carbonyl (C=O) groups excluding carboxylic acids is 1. The first-order valence-corrected chi connectivity index (χ1v) is 5.93. The van der Waals surface area contributed by atoms with Crippen molar-refractivity contribution in [2.75, 3.05) is 12.8 Å². The highest BCUT2D eigenvalue weighted by molar-refractivity contribution is 5.97. The maximum Gasteiger partial charge on any atom is 0.252 e. The number of aromatic nitrogens is 1. The fraction of sp³-hybridized carbons (Fsp3) is 0.143. The van der Waals surface area contributed by atoms with Crippen molar-refractivity contribution in [3.63, 3.8) is 0 Å². The van der Waals surface area contributed by atoms with Gasteiger partial charge in [-0.05, 0) is 18.2 Å². The van der Waals surface area contributed by atoms with Gasteiger partial charge in [0.1, 0.15) is 6.61 Å². The van der Waals surface area contributed by atoms with Crippen LogP contribution in [-0.2, 0) is 6.61 Å². The normalized spacial score (nSPS) is 10.1. The first-order valence-electron chi connectivity index (χ1n) is 5.93. The molecule has 0 atom stereocenters. The lowest BCUT2D eigenvalue weighted by Gasteiger charge is -2.12. The molecule has 0 bridgehead atoms. The van der Waals surface area contributed by atoms with Gasteiger partial charge in [0.05, 0.1) is 24.1 Å². The number of benzene rings is 1. The SMILES string of the molecule is COc1cccc(COc2c(N)cccc2C(N)=O)n1. The number of pyridine rings is 1.